The predicted molar refractivity (Wildman–Crippen MR) is 97.6 cm³/mol. The van der Waals surface area contributed by atoms with E-state index in [2.05, 4.69) is 39.8 Å². The van der Waals surface area contributed by atoms with Gasteiger partial charge in [0.2, 0.25) is 0 Å². The molecule has 128 valence electrons. The highest BCUT2D eigenvalue weighted by Gasteiger charge is 2.19. The van der Waals surface area contributed by atoms with E-state index in [0.717, 1.165) is 39.4 Å². The molecule has 4 heterocycles. The topological polar surface area (TPSA) is 41.8 Å². The molecule has 2 aliphatic rings. The minimum absolute atomic E-state index is 0. The largest absolute Gasteiger partial charge is 0.378 e. The number of hydrogen-bond donors (Lipinski definition) is 1. The second-order valence-corrected chi connectivity index (χ2v) is 5.94. The van der Waals surface area contributed by atoms with Crippen molar-refractivity contribution in [3.05, 3.63) is 30.1 Å². The molecule has 0 aromatic carbocycles. The first-order chi connectivity index (χ1) is 10.4. The maximum Gasteiger partial charge on any atom is 0.0698 e. The summed E-state index contributed by atoms with van der Waals surface area (Å²) in [4.78, 5) is 2.37. The van der Waals surface area contributed by atoms with Gasteiger partial charge in [0, 0.05) is 18.7 Å². The van der Waals surface area contributed by atoms with Crippen LogP contribution in [0, 0.1) is 0 Å². The third kappa shape index (κ3) is 3.74. The van der Waals surface area contributed by atoms with Crippen molar-refractivity contribution in [3.63, 3.8) is 0 Å². The molecule has 0 unspecified atom stereocenters. The summed E-state index contributed by atoms with van der Waals surface area (Å²) >= 11 is 0. The van der Waals surface area contributed by atoms with E-state index < -0.39 is 0 Å². The number of pyridine rings is 1. The fourth-order valence-electron chi connectivity index (χ4n) is 3.45. The summed E-state index contributed by atoms with van der Waals surface area (Å²) in [5.74, 6) is 0.651. The van der Waals surface area contributed by atoms with Crippen molar-refractivity contribution in [2.75, 3.05) is 44.3 Å². The van der Waals surface area contributed by atoms with E-state index >= 15 is 0 Å². The second kappa shape index (κ2) is 8.20. The minimum Gasteiger partial charge on any atom is -0.378 e. The van der Waals surface area contributed by atoms with E-state index in [1.807, 2.05) is 4.52 Å². The standard InChI is InChI=1S/C16H22N4O.2ClH/c1-2-16-15(13-3-5-17-6-4-13)11-18-20(16)12-14(1)19-7-9-21-10-8-19;;/h1-2,11-13,17H,3-10H2;2*1H. The molecule has 2 aliphatic heterocycles. The highest BCUT2D eigenvalue weighted by atomic mass is 35.5. The van der Waals surface area contributed by atoms with Gasteiger partial charge in [-0.2, -0.15) is 5.10 Å². The van der Waals surface area contributed by atoms with Gasteiger partial charge in [0.25, 0.3) is 0 Å². The van der Waals surface area contributed by atoms with Crippen LogP contribution in [-0.4, -0.2) is 49.0 Å². The third-order valence-corrected chi connectivity index (χ3v) is 4.69. The zero-order chi connectivity index (χ0) is 14.1. The molecule has 7 heteroatoms. The van der Waals surface area contributed by atoms with Gasteiger partial charge < -0.3 is 15.0 Å². The van der Waals surface area contributed by atoms with E-state index in [0.29, 0.717) is 5.92 Å². The Bertz CT molecular complexity index is 622. The summed E-state index contributed by atoms with van der Waals surface area (Å²) in [5, 5.41) is 8.02. The Morgan fingerprint density at radius 1 is 1.09 bits per heavy atom. The van der Waals surface area contributed by atoms with Gasteiger partial charge in [0.1, 0.15) is 0 Å². The van der Waals surface area contributed by atoms with Crippen LogP contribution in [0.2, 0.25) is 0 Å². The van der Waals surface area contributed by atoms with Crippen LogP contribution < -0.4 is 10.2 Å². The fourth-order valence-corrected chi connectivity index (χ4v) is 3.45. The van der Waals surface area contributed by atoms with Crippen molar-refractivity contribution in [1.82, 2.24) is 14.9 Å². The lowest BCUT2D eigenvalue weighted by atomic mass is 9.91. The number of ether oxygens (including phenoxy) is 1. The molecule has 0 bridgehead atoms. The first-order valence-electron chi connectivity index (χ1n) is 7.92. The number of nitrogens with one attached hydrogen (secondary N) is 1. The van der Waals surface area contributed by atoms with Crippen molar-refractivity contribution >= 4 is 36.0 Å². The van der Waals surface area contributed by atoms with E-state index in [4.69, 9.17) is 4.74 Å². The Morgan fingerprint density at radius 2 is 1.83 bits per heavy atom. The Balaban J connectivity index is 0.000000960. The van der Waals surface area contributed by atoms with Crippen LogP contribution in [0.5, 0.6) is 0 Å². The molecule has 2 saturated heterocycles. The summed E-state index contributed by atoms with van der Waals surface area (Å²) < 4.78 is 7.47. The molecule has 2 aromatic rings. The Labute approximate surface area is 149 Å². The van der Waals surface area contributed by atoms with Crippen LogP contribution in [0.1, 0.15) is 24.3 Å². The van der Waals surface area contributed by atoms with Crippen LogP contribution in [0.15, 0.2) is 24.5 Å². The minimum atomic E-state index is 0. The molecule has 4 rings (SSSR count). The van der Waals surface area contributed by atoms with Crippen LogP contribution in [0.25, 0.3) is 5.52 Å². The number of hydrogen-bond acceptors (Lipinski definition) is 4. The third-order valence-electron chi connectivity index (χ3n) is 4.69. The van der Waals surface area contributed by atoms with Gasteiger partial charge in [-0.1, -0.05) is 0 Å². The number of halogens is 2. The first-order valence-corrected chi connectivity index (χ1v) is 7.92. The molecule has 0 saturated carbocycles. The fraction of sp³-hybridized carbons (Fsp3) is 0.562. The van der Waals surface area contributed by atoms with E-state index in [1.165, 1.54) is 29.6 Å². The average Bonchev–Trinajstić information content (AvgIpc) is 2.99. The lowest BCUT2D eigenvalue weighted by Crippen LogP contribution is -2.36. The normalized spacial score (nSPS) is 19.2. The molecule has 0 aliphatic carbocycles. The van der Waals surface area contributed by atoms with Crippen molar-refractivity contribution in [3.8, 4) is 0 Å². The van der Waals surface area contributed by atoms with Gasteiger partial charge in [0.15, 0.2) is 0 Å². The molecule has 2 aromatic heterocycles. The molecule has 0 spiro atoms. The van der Waals surface area contributed by atoms with Crippen LogP contribution in [0.4, 0.5) is 5.69 Å². The van der Waals surface area contributed by atoms with E-state index in [-0.39, 0.29) is 24.8 Å². The highest BCUT2D eigenvalue weighted by Crippen LogP contribution is 2.29. The highest BCUT2D eigenvalue weighted by molar-refractivity contribution is 5.85. The Hall–Kier alpha value is -1.01. The summed E-state index contributed by atoms with van der Waals surface area (Å²) in [7, 11) is 0. The van der Waals surface area contributed by atoms with Gasteiger partial charge in [-0.25, -0.2) is 4.52 Å². The zero-order valence-electron chi connectivity index (χ0n) is 13.1. The molecular formula is C16H24Cl2N4O. The second-order valence-electron chi connectivity index (χ2n) is 5.94. The SMILES string of the molecule is Cl.Cl.c1cc2c(C3CCNCC3)cnn2cc1N1CCOCC1. The lowest BCUT2D eigenvalue weighted by molar-refractivity contribution is 0.122. The van der Waals surface area contributed by atoms with Crippen molar-refractivity contribution in [2.45, 2.75) is 18.8 Å². The summed E-state index contributed by atoms with van der Waals surface area (Å²) in [6, 6.07) is 4.46. The monoisotopic (exact) mass is 358 g/mol. The maximum atomic E-state index is 5.42. The Morgan fingerprint density at radius 3 is 2.57 bits per heavy atom. The van der Waals surface area contributed by atoms with E-state index in [1.54, 1.807) is 0 Å². The number of piperidine rings is 1. The molecule has 0 radical (unpaired) electrons. The average molecular weight is 359 g/mol. The smallest absolute Gasteiger partial charge is 0.0698 e. The number of aromatic nitrogens is 2. The van der Waals surface area contributed by atoms with Gasteiger partial charge in [-0.05, 0) is 44.0 Å². The van der Waals surface area contributed by atoms with Gasteiger partial charge in [-0.15, -0.1) is 24.8 Å². The van der Waals surface area contributed by atoms with Gasteiger partial charge >= 0.3 is 0 Å². The molecular weight excluding hydrogens is 335 g/mol. The predicted octanol–water partition coefficient (Wildman–Crippen LogP) is 2.48. The lowest BCUT2D eigenvalue weighted by Gasteiger charge is -2.28. The van der Waals surface area contributed by atoms with Crippen molar-refractivity contribution in [1.29, 1.82) is 0 Å². The zero-order valence-corrected chi connectivity index (χ0v) is 14.7. The van der Waals surface area contributed by atoms with Crippen molar-refractivity contribution in [2.24, 2.45) is 0 Å². The molecule has 0 atom stereocenters. The number of morpholine rings is 1. The van der Waals surface area contributed by atoms with Gasteiger partial charge in [-0.3, -0.25) is 0 Å². The van der Waals surface area contributed by atoms with Crippen LogP contribution in [0.3, 0.4) is 0 Å². The molecule has 5 nitrogen and oxygen atoms in total. The number of rotatable bonds is 2. The van der Waals surface area contributed by atoms with E-state index in [9.17, 15) is 0 Å². The van der Waals surface area contributed by atoms with Gasteiger partial charge in [0.05, 0.1) is 36.8 Å². The molecule has 2 fully saturated rings. The summed E-state index contributed by atoms with van der Waals surface area (Å²) in [6.07, 6.45) is 6.65. The maximum absolute atomic E-state index is 5.42. The van der Waals surface area contributed by atoms with Crippen LogP contribution in [-0.2, 0) is 4.74 Å². The van der Waals surface area contributed by atoms with Crippen molar-refractivity contribution < 1.29 is 4.74 Å². The number of nitrogens with zero attached hydrogens (tertiary/aromatic N) is 3. The molecule has 23 heavy (non-hydrogen) atoms. The quantitative estimate of drug-likeness (QED) is 0.895. The number of fused-ring (bicyclic) bond motifs is 1. The first kappa shape index (κ1) is 18.3. The summed E-state index contributed by atoms with van der Waals surface area (Å²) in [6.45, 7) is 5.80. The number of anilines is 1. The Kier molecular flexibility index (Phi) is 6.53. The van der Waals surface area contributed by atoms with Crippen LogP contribution >= 0.6 is 24.8 Å². The summed E-state index contributed by atoms with van der Waals surface area (Å²) in [5.41, 5.74) is 3.91. The molecule has 0 amide bonds. The molecule has 1 N–H and O–H groups in total.